The molecule has 4 heteroatoms. The van der Waals surface area contributed by atoms with Crippen molar-refractivity contribution in [3.8, 4) is 11.5 Å². The van der Waals surface area contributed by atoms with Gasteiger partial charge in [0.1, 0.15) is 11.5 Å². The molecular formula is C15H15NO3. The standard InChI is InChI=1S/C15H15NO3/c1-11(17)14-10-12(16-18-2)8-9-15(14)19-13-6-4-3-5-7-13/h3-10,16H,1-2H3. The van der Waals surface area contributed by atoms with Gasteiger partial charge in [-0.25, -0.2) is 0 Å². The number of anilines is 1. The minimum Gasteiger partial charge on any atom is -0.457 e. The summed E-state index contributed by atoms with van der Waals surface area (Å²) in [5.41, 5.74) is 3.89. The summed E-state index contributed by atoms with van der Waals surface area (Å²) in [5, 5.41) is 0. The van der Waals surface area contributed by atoms with E-state index in [1.807, 2.05) is 30.3 Å². The van der Waals surface area contributed by atoms with E-state index in [0.29, 0.717) is 22.7 Å². The molecular weight excluding hydrogens is 242 g/mol. The molecule has 0 radical (unpaired) electrons. The number of Topliss-reactive ketones (excluding diaryl/α,β-unsaturated/α-hetero) is 1. The molecule has 0 aromatic heterocycles. The lowest BCUT2D eigenvalue weighted by atomic mass is 10.1. The Morgan fingerprint density at radius 2 is 1.84 bits per heavy atom. The zero-order chi connectivity index (χ0) is 13.7. The van der Waals surface area contributed by atoms with Crippen LogP contribution in [0.4, 0.5) is 5.69 Å². The number of ether oxygens (including phenoxy) is 1. The Morgan fingerprint density at radius 3 is 2.47 bits per heavy atom. The monoisotopic (exact) mass is 257 g/mol. The summed E-state index contributed by atoms with van der Waals surface area (Å²) in [6.45, 7) is 1.50. The fraction of sp³-hybridized carbons (Fsp3) is 0.133. The Morgan fingerprint density at radius 1 is 1.11 bits per heavy atom. The molecule has 0 unspecified atom stereocenters. The van der Waals surface area contributed by atoms with E-state index < -0.39 is 0 Å². The van der Waals surface area contributed by atoms with E-state index in [1.54, 1.807) is 18.2 Å². The molecule has 4 nitrogen and oxygen atoms in total. The van der Waals surface area contributed by atoms with Gasteiger partial charge in [-0.3, -0.25) is 15.1 Å². The van der Waals surface area contributed by atoms with E-state index in [1.165, 1.54) is 14.0 Å². The second-order valence-corrected chi connectivity index (χ2v) is 3.99. The van der Waals surface area contributed by atoms with Crippen molar-refractivity contribution in [3.05, 3.63) is 54.1 Å². The van der Waals surface area contributed by atoms with Gasteiger partial charge >= 0.3 is 0 Å². The molecule has 0 bridgehead atoms. The molecule has 2 aromatic rings. The molecule has 0 amide bonds. The maximum absolute atomic E-state index is 11.7. The maximum Gasteiger partial charge on any atom is 0.163 e. The van der Waals surface area contributed by atoms with Gasteiger partial charge in [0.05, 0.1) is 18.4 Å². The van der Waals surface area contributed by atoms with Crippen LogP contribution in [-0.4, -0.2) is 12.9 Å². The van der Waals surface area contributed by atoms with Crippen molar-refractivity contribution in [2.45, 2.75) is 6.92 Å². The van der Waals surface area contributed by atoms with Crippen molar-refractivity contribution in [2.24, 2.45) is 0 Å². The molecule has 0 aliphatic rings. The molecule has 0 aliphatic carbocycles. The van der Waals surface area contributed by atoms with Crippen LogP contribution in [0.25, 0.3) is 0 Å². The number of ketones is 1. The molecule has 0 saturated heterocycles. The van der Waals surface area contributed by atoms with Gasteiger partial charge in [-0.1, -0.05) is 18.2 Å². The van der Waals surface area contributed by atoms with E-state index in [9.17, 15) is 4.79 Å². The first-order valence-corrected chi connectivity index (χ1v) is 5.87. The molecule has 0 saturated carbocycles. The minimum absolute atomic E-state index is 0.0642. The Bertz CT molecular complexity index is 567. The maximum atomic E-state index is 11.7. The average Bonchev–Trinajstić information content (AvgIpc) is 2.42. The van der Waals surface area contributed by atoms with Gasteiger partial charge in [-0.2, -0.15) is 0 Å². The predicted octanol–water partition coefficient (Wildman–Crippen LogP) is 3.65. The van der Waals surface area contributed by atoms with Crippen molar-refractivity contribution in [1.29, 1.82) is 0 Å². The number of hydrogen-bond donors (Lipinski definition) is 1. The van der Waals surface area contributed by atoms with Crippen LogP contribution in [0.2, 0.25) is 0 Å². The van der Waals surface area contributed by atoms with Gasteiger partial charge in [0, 0.05) is 0 Å². The van der Waals surface area contributed by atoms with Gasteiger partial charge in [-0.05, 0) is 37.3 Å². The van der Waals surface area contributed by atoms with E-state index in [0.717, 1.165) is 0 Å². The van der Waals surface area contributed by atoms with Crippen LogP contribution in [-0.2, 0) is 4.84 Å². The number of rotatable bonds is 5. The quantitative estimate of drug-likeness (QED) is 0.656. The number of carbonyl (C=O) groups is 1. The Balaban J connectivity index is 2.32. The topological polar surface area (TPSA) is 47.6 Å². The SMILES string of the molecule is CONc1ccc(Oc2ccccc2)c(C(C)=O)c1. The average molecular weight is 257 g/mol. The lowest BCUT2D eigenvalue weighted by molar-refractivity contribution is 0.101. The molecule has 0 heterocycles. The highest BCUT2D eigenvalue weighted by Gasteiger charge is 2.10. The van der Waals surface area contributed by atoms with E-state index in [2.05, 4.69) is 5.48 Å². The van der Waals surface area contributed by atoms with Gasteiger partial charge < -0.3 is 4.74 Å². The molecule has 19 heavy (non-hydrogen) atoms. The molecule has 0 aliphatic heterocycles. The zero-order valence-corrected chi connectivity index (χ0v) is 10.8. The minimum atomic E-state index is -0.0642. The lowest BCUT2D eigenvalue weighted by Crippen LogP contribution is -2.01. The number of para-hydroxylation sites is 1. The summed E-state index contributed by atoms with van der Waals surface area (Å²) in [7, 11) is 1.52. The molecule has 1 N–H and O–H groups in total. The van der Waals surface area contributed by atoms with Crippen LogP contribution in [0.15, 0.2) is 48.5 Å². The Labute approximate surface area is 111 Å². The first-order chi connectivity index (χ1) is 9.20. The highest BCUT2D eigenvalue weighted by atomic mass is 16.6. The second-order valence-electron chi connectivity index (χ2n) is 3.99. The first kappa shape index (κ1) is 13.1. The summed E-state index contributed by atoms with van der Waals surface area (Å²) in [6, 6.07) is 14.6. The van der Waals surface area contributed by atoms with E-state index in [4.69, 9.17) is 9.57 Å². The van der Waals surface area contributed by atoms with Crippen LogP contribution in [0.3, 0.4) is 0 Å². The van der Waals surface area contributed by atoms with E-state index >= 15 is 0 Å². The highest BCUT2D eigenvalue weighted by Crippen LogP contribution is 2.28. The lowest BCUT2D eigenvalue weighted by Gasteiger charge is -2.11. The molecule has 98 valence electrons. The predicted molar refractivity (Wildman–Crippen MR) is 73.6 cm³/mol. The number of nitrogens with one attached hydrogen (secondary N) is 1. The van der Waals surface area contributed by atoms with Crippen molar-refractivity contribution in [2.75, 3.05) is 12.6 Å². The molecule has 2 aromatic carbocycles. The second kappa shape index (κ2) is 6.02. The van der Waals surface area contributed by atoms with Crippen LogP contribution >= 0.6 is 0 Å². The summed E-state index contributed by atoms with van der Waals surface area (Å²) < 4.78 is 5.71. The van der Waals surface area contributed by atoms with Crippen LogP contribution in [0, 0.1) is 0 Å². The van der Waals surface area contributed by atoms with Gasteiger partial charge in [0.15, 0.2) is 5.78 Å². The molecule has 0 spiro atoms. The number of benzene rings is 2. The van der Waals surface area contributed by atoms with Crippen LogP contribution < -0.4 is 10.2 Å². The Kier molecular flexibility index (Phi) is 4.15. The first-order valence-electron chi connectivity index (χ1n) is 5.87. The van der Waals surface area contributed by atoms with Crippen LogP contribution in [0.5, 0.6) is 11.5 Å². The molecule has 0 fully saturated rings. The third-order valence-electron chi connectivity index (χ3n) is 2.55. The Hall–Kier alpha value is -2.33. The summed E-state index contributed by atoms with van der Waals surface area (Å²) in [6.07, 6.45) is 0. The third kappa shape index (κ3) is 3.33. The molecule has 0 atom stereocenters. The fourth-order valence-electron chi connectivity index (χ4n) is 1.69. The summed E-state index contributed by atoms with van der Waals surface area (Å²) >= 11 is 0. The van der Waals surface area contributed by atoms with E-state index in [-0.39, 0.29) is 5.78 Å². The van der Waals surface area contributed by atoms with Crippen molar-refractivity contribution >= 4 is 11.5 Å². The summed E-state index contributed by atoms with van der Waals surface area (Å²) in [4.78, 5) is 16.5. The van der Waals surface area contributed by atoms with Gasteiger partial charge in [0.25, 0.3) is 0 Å². The molecule has 2 rings (SSSR count). The zero-order valence-electron chi connectivity index (χ0n) is 10.8. The fourth-order valence-corrected chi connectivity index (χ4v) is 1.69. The van der Waals surface area contributed by atoms with Crippen molar-refractivity contribution in [3.63, 3.8) is 0 Å². The smallest absolute Gasteiger partial charge is 0.163 e. The normalized spacial score (nSPS) is 10.0. The van der Waals surface area contributed by atoms with Crippen molar-refractivity contribution < 1.29 is 14.4 Å². The number of hydrogen-bond acceptors (Lipinski definition) is 4. The largest absolute Gasteiger partial charge is 0.457 e. The van der Waals surface area contributed by atoms with Crippen LogP contribution in [0.1, 0.15) is 17.3 Å². The van der Waals surface area contributed by atoms with Gasteiger partial charge in [0.2, 0.25) is 0 Å². The highest BCUT2D eigenvalue weighted by molar-refractivity contribution is 5.97. The van der Waals surface area contributed by atoms with Crippen molar-refractivity contribution in [1.82, 2.24) is 0 Å². The summed E-state index contributed by atoms with van der Waals surface area (Å²) in [5.74, 6) is 1.16. The number of carbonyl (C=O) groups excluding carboxylic acids is 1. The third-order valence-corrected chi connectivity index (χ3v) is 2.55. The van der Waals surface area contributed by atoms with Gasteiger partial charge in [-0.15, -0.1) is 0 Å².